The molecule has 0 radical (unpaired) electrons. The van der Waals surface area contributed by atoms with Crippen molar-refractivity contribution in [2.24, 2.45) is 0 Å². The highest BCUT2D eigenvalue weighted by Crippen LogP contribution is 2.14. The molecule has 0 saturated carbocycles. The normalized spacial score (nSPS) is 13.8. The molecular formula is C25H23FN4O3. The summed E-state index contributed by atoms with van der Waals surface area (Å²) in [7, 11) is 0. The molecule has 3 amide bonds. The van der Waals surface area contributed by atoms with Crippen LogP contribution in [0.3, 0.4) is 0 Å². The van der Waals surface area contributed by atoms with Gasteiger partial charge in [0.1, 0.15) is 5.82 Å². The fourth-order valence-corrected chi connectivity index (χ4v) is 3.57. The minimum atomic E-state index is -0.543. The third-order valence-corrected chi connectivity index (χ3v) is 5.43. The Morgan fingerprint density at radius 3 is 2.12 bits per heavy atom. The molecule has 8 heteroatoms. The zero-order chi connectivity index (χ0) is 23.2. The fraction of sp³-hybridized carbons (Fsp3) is 0.200. The number of hydrogen-bond donors (Lipinski definition) is 1. The smallest absolute Gasteiger partial charge is 0.312 e. The predicted molar refractivity (Wildman–Crippen MR) is 119 cm³/mol. The lowest BCUT2D eigenvalue weighted by Gasteiger charge is -2.33. The lowest BCUT2D eigenvalue weighted by molar-refractivity contribution is -0.156. The summed E-state index contributed by atoms with van der Waals surface area (Å²) in [4.78, 5) is 44.7. The van der Waals surface area contributed by atoms with Crippen molar-refractivity contribution in [2.75, 3.05) is 13.1 Å². The van der Waals surface area contributed by atoms with Crippen LogP contribution in [-0.2, 0) is 29.2 Å². The molecule has 0 spiro atoms. The number of nitrogens with zero attached hydrogens (tertiary/aromatic N) is 3. The van der Waals surface area contributed by atoms with Crippen LogP contribution < -0.4 is 5.32 Å². The zero-order valence-corrected chi connectivity index (χ0v) is 17.9. The molecule has 0 unspecified atom stereocenters. The van der Waals surface area contributed by atoms with Crippen LogP contribution in [-0.4, -0.2) is 45.6 Å². The van der Waals surface area contributed by atoms with Crippen LogP contribution in [0.2, 0.25) is 0 Å². The first-order valence-corrected chi connectivity index (χ1v) is 10.6. The van der Waals surface area contributed by atoms with Crippen LogP contribution >= 0.6 is 0 Å². The largest absolute Gasteiger partial charge is 0.348 e. The summed E-state index contributed by atoms with van der Waals surface area (Å²) in [5, 5.41) is 2.79. The molecule has 1 aromatic heterocycles. The first kappa shape index (κ1) is 22.1. The van der Waals surface area contributed by atoms with Crippen LogP contribution in [0.25, 0.3) is 0 Å². The third kappa shape index (κ3) is 5.60. The molecule has 168 valence electrons. The van der Waals surface area contributed by atoms with Crippen molar-refractivity contribution in [1.29, 1.82) is 0 Å². The van der Waals surface area contributed by atoms with Crippen molar-refractivity contribution >= 4 is 17.7 Å². The SMILES string of the molecule is O=C(NCc1ccc(F)cc1)c1ccc(CN2CCN(Cc3ccccn3)C(=O)C2=O)cc1. The average Bonchev–Trinajstić information content (AvgIpc) is 2.84. The van der Waals surface area contributed by atoms with Gasteiger partial charge in [-0.15, -0.1) is 0 Å². The van der Waals surface area contributed by atoms with E-state index in [0.29, 0.717) is 38.3 Å². The number of benzene rings is 2. The van der Waals surface area contributed by atoms with E-state index in [0.717, 1.165) is 16.8 Å². The molecule has 0 aliphatic carbocycles. The van der Waals surface area contributed by atoms with E-state index in [4.69, 9.17) is 0 Å². The Labute approximate surface area is 190 Å². The second-order valence-electron chi connectivity index (χ2n) is 7.78. The van der Waals surface area contributed by atoms with Crippen LogP contribution in [0.1, 0.15) is 27.2 Å². The first-order valence-electron chi connectivity index (χ1n) is 10.6. The second-order valence-corrected chi connectivity index (χ2v) is 7.78. The molecule has 7 nitrogen and oxygen atoms in total. The number of amides is 3. The number of nitrogens with one attached hydrogen (secondary N) is 1. The molecule has 1 aliphatic rings. The van der Waals surface area contributed by atoms with E-state index in [9.17, 15) is 18.8 Å². The van der Waals surface area contributed by atoms with Crippen LogP contribution in [0.15, 0.2) is 72.9 Å². The first-order chi connectivity index (χ1) is 16.0. The summed E-state index contributed by atoms with van der Waals surface area (Å²) in [6.45, 7) is 1.75. The highest BCUT2D eigenvalue weighted by Gasteiger charge is 2.32. The van der Waals surface area contributed by atoms with E-state index in [-0.39, 0.29) is 11.7 Å². The molecular weight excluding hydrogens is 423 g/mol. The van der Waals surface area contributed by atoms with Gasteiger partial charge in [0.25, 0.3) is 5.91 Å². The Morgan fingerprint density at radius 1 is 0.848 bits per heavy atom. The molecule has 0 bridgehead atoms. The minimum Gasteiger partial charge on any atom is -0.348 e. The van der Waals surface area contributed by atoms with Gasteiger partial charge in [-0.2, -0.15) is 0 Å². The molecule has 0 atom stereocenters. The van der Waals surface area contributed by atoms with Gasteiger partial charge < -0.3 is 15.1 Å². The second kappa shape index (κ2) is 10.0. The molecule has 4 rings (SSSR count). The van der Waals surface area contributed by atoms with Crippen LogP contribution in [0.4, 0.5) is 4.39 Å². The van der Waals surface area contributed by atoms with Crippen molar-refractivity contribution in [3.8, 4) is 0 Å². The van der Waals surface area contributed by atoms with Gasteiger partial charge in [0.05, 0.1) is 12.2 Å². The molecule has 1 aliphatic heterocycles. The van der Waals surface area contributed by atoms with E-state index in [1.807, 2.05) is 12.1 Å². The fourth-order valence-electron chi connectivity index (χ4n) is 3.57. The molecule has 1 saturated heterocycles. The minimum absolute atomic E-state index is 0.250. The lowest BCUT2D eigenvalue weighted by Crippen LogP contribution is -2.53. The van der Waals surface area contributed by atoms with Gasteiger partial charge in [0.15, 0.2) is 0 Å². The summed E-state index contributed by atoms with van der Waals surface area (Å²) in [6, 6.07) is 18.3. The monoisotopic (exact) mass is 446 g/mol. The van der Waals surface area contributed by atoms with Crippen molar-refractivity contribution in [3.05, 3.63) is 101 Å². The van der Waals surface area contributed by atoms with Gasteiger partial charge in [-0.05, 0) is 47.5 Å². The quantitative estimate of drug-likeness (QED) is 0.566. The maximum absolute atomic E-state index is 13.0. The molecule has 2 heterocycles. The molecule has 1 N–H and O–H groups in total. The van der Waals surface area contributed by atoms with Crippen molar-refractivity contribution < 1.29 is 18.8 Å². The number of carbonyl (C=O) groups is 3. The molecule has 3 aromatic rings. The maximum atomic E-state index is 13.0. The van der Waals surface area contributed by atoms with Gasteiger partial charge in [-0.3, -0.25) is 19.4 Å². The summed E-state index contributed by atoms with van der Waals surface area (Å²) >= 11 is 0. The van der Waals surface area contributed by atoms with Gasteiger partial charge in [-0.1, -0.05) is 30.3 Å². The number of halogens is 1. The van der Waals surface area contributed by atoms with E-state index < -0.39 is 11.8 Å². The average molecular weight is 446 g/mol. The topological polar surface area (TPSA) is 82.6 Å². The molecule has 1 fully saturated rings. The number of hydrogen-bond acceptors (Lipinski definition) is 4. The maximum Gasteiger partial charge on any atom is 0.312 e. The number of piperazine rings is 1. The van der Waals surface area contributed by atoms with Crippen LogP contribution in [0, 0.1) is 5.82 Å². The Hall–Kier alpha value is -4.07. The van der Waals surface area contributed by atoms with Gasteiger partial charge in [-0.25, -0.2) is 4.39 Å². The van der Waals surface area contributed by atoms with E-state index >= 15 is 0 Å². The third-order valence-electron chi connectivity index (χ3n) is 5.43. The van der Waals surface area contributed by atoms with Crippen molar-refractivity contribution in [3.63, 3.8) is 0 Å². The number of carbonyl (C=O) groups excluding carboxylic acids is 3. The van der Waals surface area contributed by atoms with Crippen molar-refractivity contribution in [1.82, 2.24) is 20.1 Å². The van der Waals surface area contributed by atoms with E-state index in [1.165, 1.54) is 21.9 Å². The van der Waals surface area contributed by atoms with Gasteiger partial charge >= 0.3 is 11.8 Å². The highest BCUT2D eigenvalue weighted by molar-refractivity contribution is 6.35. The Morgan fingerprint density at radius 2 is 1.48 bits per heavy atom. The van der Waals surface area contributed by atoms with Gasteiger partial charge in [0.2, 0.25) is 0 Å². The summed E-state index contributed by atoms with van der Waals surface area (Å²) in [5.41, 5.74) is 2.83. The summed E-state index contributed by atoms with van der Waals surface area (Å²) in [6.07, 6.45) is 1.66. The predicted octanol–water partition coefficient (Wildman–Crippen LogP) is 2.52. The van der Waals surface area contributed by atoms with E-state index in [1.54, 1.807) is 48.7 Å². The Kier molecular flexibility index (Phi) is 6.73. The number of rotatable bonds is 7. The summed E-state index contributed by atoms with van der Waals surface area (Å²) in [5.74, 6) is -1.65. The number of pyridine rings is 1. The van der Waals surface area contributed by atoms with Crippen molar-refractivity contribution in [2.45, 2.75) is 19.6 Å². The number of aromatic nitrogens is 1. The highest BCUT2D eigenvalue weighted by atomic mass is 19.1. The Balaban J connectivity index is 1.30. The Bertz CT molecular complexity index is 1130. The lowest BCUT2D eigenvalue weighted by atomic mass is 10.1. The summed E-state index contributed by atoms with van der Waals surface area (Å²) < 4.78 is 13.0. The zero-order valence-electron chi connectivity index (χ0n) is 17.9. The molecule has 2 aromatic carbocycles. The standard InChI is InChI=1S/C25H23FN4O3/c26-21-10-6-18(7-11-21)15-28-23(31)20-8-4-19(5-9-20)16-29-13-14-30(25(33)24(29)32)17-22-3-1-2-12-27-22/h1-12H,13-17H2,(H,28,31). The van der Waals surface area contributed by atoms with E-state index in [2.05, 4.69) is 10.3 Å². The molecule has 33 heavy (non-hydrogen) atoms. The van der Waals surface area contributed by atoms with Gasteiger partial charge in [0, 0.05) is 37.9 Å². The van der Waals surface area contributed by atoms with Crippen LogP contribution in [0.5, 0.6) is 0 Å².